The summed E-state index contributed by atoms with van der Waals surface area (Å²) in [7, 11) is 1.77. The van der Waals surface area contributed by atoms with Gasteiger partial charge in [0.05, 0.1) is 11.1 Å². The van der Waals surface area contributed by atoms with Crippen molar-refractivity contribution in [2.75, 3.05) is 25.5 Å². The molecule has 6 heteroatoms. The zero-order valence-electron chi connectivity index (χ0n) is 12.0. The molecule has 0 amide bonds. The third-order valence-electron chi connectivity index (χ3n) is 3.02. The Hall–Kier alpha value is -2.39. The van der Waals surface area contributed by atoms with Crippen molar-refractivity contribution in [2.24, 2.45) is 0 Å². The highest BCUT2D eigenvalue weighted by atomic mass is 32.1. The van der Waals surface area contributed by atoms with Crippen LogP contribution in [0.4, 0.5) is 5.82 Å². The third kappa shape index (κ3) is 3.80. The molecule has 0 atom stereocenters. The maximum absolute atomic E-state index is 9.24. The fraction of sp³-hybridized carbons (Fsp3) is 0.267. The predicted octanol–water partition coefficient (Wildman–Crippen LogP) is 1.92. The highest BCUT2D eigenvalue weighted by molar-refractivity contribution is 7.80. The molecule has 108 valence electrons. The van der Waals surface area contributed by atoms with E-state index in [1.54, 1.807) is 7.05 Å². The summed E-state index contributed by atoms with van der Waals surface area (Å²) in [6, 6.07) is 10.0. The van der Waals surface area contributed by atoms with Crippen molar-refractivity contribution in [1.29, 1.82) is 5.26 Å². The smallest absolute Gasteiger partial charge is 0.166 e. The summed E-state index contributed by atoms with van der Waals surface area (Å²) in [6.07, 6.45) is 0. The molecular weight excluding hydrogens is 282 g/mol. The van der Waals surface area contributed by atoms with Gasteiger partial charge in [-0.2, -0.15) is 5.26 Å². The number of nitriles is 1. The van der Waals surface area contributed by atoms with E-state index in [9.17, 15) is 5.26 Å². The van der Waals surface area contributed by atoms with Gasteiger partial charge < -0.3 is 16.0 Å². The van der Waals surface area contributed by atoms with Crippen molar-refractivity contribution >= 4 is 34.1 Å². The summed E-state index contributed by atoms with van der Waals surface area (Å²) < 4.78 is 0. The number of thiocarbonyl (C=S) groups is 1. The first-order chi connectivity index (χ1) is 10.1. The fourth-order valence-corrected chi connectivity index (χ4v) is 2.04. The number of hydrogen-bond acceptors (Lipinski definition) is 4. The second-order valence-electron chi connectivity index (χ2n) is 4.63. The molecule has 21 heavy (non-hydrogen) atoms. The molecule has 0 saturated carbocycles. The molecule has 5 nitrogen and oxygen atoms in total. The lowest BCUT2D eigenvalue weighted by Gasteiger charge is -2.11. The molecule has 0 fully saturated rings. The Balaban J connectivity index is 2.14. The summed E-state index contributed by atoms with van der Waals surface area (Å²) in [5.74, 6) is 0.604. The van der Waals surface area contributed by atoms with Crippen LogP contribution in [-0.4, -0.2) is 30.2 Å². The van der Waals surface area contributed by atoms with Gasteiger partial charge in [-0.05, 0) is 36.8 Å². The van der Waals surface area contributed by atoms with Crippen LogP contribution in [0.5, 0.6) is 0 Å². The molecule has 0 aliphatic heterocycles. The lowest BCUT2D eigenvalue weighted by molar-refractivity contribution is 0.884. The first kappa shape index (κ1) is 15.0. The monoisotopic (exact) mass is 299 g/mol. The summed E-state index contributed by atoms with van der Waals surface area (Å²) in [4.78, 5) is 4.53. The Labute approximate surface area is 129 Å². The molecular formula is C15H17N5S. The molecule has 0 aliphatic carbocycles. The van der Waals surface area contributed by atoms with E-state index in [2.05, 4.69) is 27.0 Å². The minimum atomic E-state index is 0.544. The molecule has 3 N–H and O–H groups in total. The number of aromatic nitrogens is 1. The molecule has 0 radical (unpaired) electrons. The van der Waals surface area contributed by atoms with Gasteiger partial charge in [0.1, 0.15) is 11.9 Å². The van der Waals surface area contributed by atoms with E-state index in [0.29, 0.717) is 29.6 Å². The second-order valence-corrected chi connectivity index (χ2v) is 5.03. The number of hydrogen-bond donors (Lipinski definition) is 3. The van der Waals surface area contributed by atoms with Gasteiger partial charge >= 0.3 is 0 Å². The van der Waals surface area contributed by atoms with Crippen molar-refractivity contribution in [3.63, 3.8) is 0 Å². The van der Waals surface area contributed by atoms with Gasteiger partial charge in [-0.1, -0.05) is 12.1 Å². The second kappa shape index (κ2) is 6.86. The van der Waals surface area contributed by atoms with Crippen LogP contribution in [0.2, 0.25) is 0 Å². The van der Waals surface area contributed by atoms with Gasteiger partial charge in [-0.3, -0.25) is 0 Å². The van der Waals surface area contributed by atoms with Crippen LogP contribution in [0.25, 0.3) is 10.9 Å². The zero-order chi connectivity index (χ0) is 15.2. The average Bonchev–Trinajstić information content (AvgIpc) is 2.50. The van der Waals surface area contributed by atoms with E-state index in [-0.39, 0.29) is 0 Å². The van der Waals surface area contributed by atoms with Gasteiger partial charge in [0, 0.05) is 25.5 Å². The number of rotatable bonds is 4. The number of benzene rings is 1. The van der Waals surface area contributed by atoms with E-state index >= 15 is 0 Å². The van der Waals surface area contributed by atoms with Crippen molar-refractivity contribution in [3.05, 3.63) is 35.4 Å². The Morgan fingerprint density at radius 2 is 2.14 bits per heavy atom. The predicted molar refractivity (Wildman–Crippen MR) is 89.3 cm³/mol. The van der Waals surface area contributed by atoms with Crippen LogP contribution in [0.15, 0.2) is 24.3 Å². The Morgan fingerprint density at radius 1 is 1.33 bits per heavy atom. The van der Waals surface area contributed by atoms with Gasteiger partial charge in [0.15, 0.2) is 5.11 Å². The van der Waals surface area contributed by atoms with Crippen molar-refractivity contribution in [2.45, 2.75) is 6.92 Å². The van der Waals surface area contributed by atoms with Crippen LogP contribution in [-0.2, 0) is 0 Å². The van der Waals surface area contributed by atoms with Crippen LogP contribution in [0.1, 0.15) is 11.1 Å². The van der Waals surface area contributed by atoms with Crippen molar-refractivity contribution < 1.29 is 0 Å². The number of nitrogens with one attached hydrogen (secondary N) is 3. The SMILES string of the molecule is CNC(=S)NCCNc1nc2cc(C)ccc2cc1C#N. The number of pyridine rings is 1. The Bertz CT molecular complexity index is 705. The molecule has 0 saturated heterocycles. The van der Waals surface area contributed by atoms with Gasteiger partial charge in [-0.15, -0.1) is 0 Å². The van der Waals surface area contributed by atoms with Crippen molar-refractivity contribution in [3.8, 4) is 6.07 Å². The summed E-state index contributed by atoms with van der Waals surface area (Å²) in [5.41, 5.74) is 2.57. The van der Waals surface area contributed by atoms with E-state index in [1.165, 1.54) is 0 Å². The third-order valence-corrected chi connectivity index (χ3v) is 3.37. The number of anilines is 1. The van der Waals surface area contributed by atoms with E-state index in [4.69, 9.17) is 12.2 Å². The van der Waals surface area contributed by atoms with E-state index in [0.717, 1.165) is 16.5 Å². The summed E-state index contributed by atoms with van der Waals surface area (Å²) in [5, 5.41) is 19.9. The minimum Gasteiger partial charge on any atom is -0.367 e. The lowest BCUT2D eigenvalue weighted by atomic mass is 10.1. The molecule has 2 rings (SSSR count). The molecule has 0 bridgehead atoms. The van der Waals surface area contributed by atoms with Crippen LogP contribution in [0.3, 0.4) is 0 Å². The summed E-state index contributed by atoms with van der Waals surface area (Å²) >= 11 is 4.99. The van der Waals surface area contributed by atoms with E-state index < -0.39 is 0 Å². The minimum absolute atomic E-state index is 0.544. The van der Waals surface area contributed by atoms with Crippen molar-refractivity contribution in [1.82, 2.24) is 15.6 Å². The molecule has 1 heterocycles. The van der Waals surface area contributed by atoms with Gasteiger partial charge in [-0.25, -0.2) is 4.98 Å². The maximum Gasteiger partial charge on any atom is 0.166 e. The number of aryl methyl sites for hydroxylation is 1. The first-order valence-corrected chi connectivity index (χ1v) is 7.06. The highest BCUT2D eigenvalue weighted by Crippen LogP contribution is 2.20. The highest BCUT2D eigenvalue weighted by Gasteiger charge is 2.06. The maximum atomic E-state index is 9.24. The van der Waals surface area contributed by atoms with Gasteiger partial charge in [0.25, 0.3) is 0 Å². The largest absolute Gasteiger partial charge is 0.367 e. The summed E-state index contributed by atoms with van der Waals surface area (Å²) in [6.45, 7) is 3.30. The zero-order valence-corrected chi connectivity index (χ0v) is 12.8. The average molecular weight is 299 g/mol. The standard InChI is InChI=1S/C15H17N5S/c1-10-3-4-11-8-12(9-16)14(20-13(11)7-10)18-5-6-19-15(21)17-2/h3-4,7-8H,5-6H2,1-2H3,(H,18,20)(H2,17,19,21). The van der Waals surface area contributed by atoms with E-state index in [1.807, 2.05) is 31.2 Å². The van der Waals surface area contributed by atoms with Crippen LogP contribution < -0.4 is 16.0 Å². The fourth-order valence-electron chi connectivity index (χ4n) is 1.94. The molecule has 1 aromatic heterocycles. The van der Waals surface area contributed by atoms with Gasteiger partial charge in [0.2, 0.25) is 0 Å². The molecule has 1 aromatic carbocycles. The Morgan fingerprint density at radius 3 is 2.86 bits per heavy atom. The topological polar surface area (TPSA) is 72.8 Å². The number of fused-ring (bicyclic) bond motifs is 1. The van der Waals surface area contributed by atoms with Crippen LogP contribution in [0, 0.1) is 18.3 Å². The molecule has 0 aliphatic rings. The first-order valence-electron chi connectivity index (χ1n) is 6.65. The lowest BCUT2D eigenvalue weighted by Crippen LogP contribution is -2.35. The normalized spacial score (nSPS) is 9.95. The Kier molecular flexibility index (Phi) is 4.90. The quantitative estimate of drug-likeness (QED) is 0.592. The number of nitrogens with zero attached hydrogens (tertiary/aromatic N) is 2. The molecule has 0 unspecified atom stereocenters. The molecule has 2 aromatic rings. The molecule has 0 spiro atoms. The van der Waals surface area contributed by atoms with Crippen LogP contribution >= 0.6 is 12.2 Å².